The molecule has 1 aromatic heterocycles. The molecule has 7 nitrogen and oxygen atoms in total. The first-order valence-electron chi connectivity index (χ1n) is 6.19. The first-order valence-corrected chi connectivity index (χ1v) is 7.24. The molecule has 0 radical (unpaired) electrons. The summed E-state index contributed by atoms with van der Waals surface area (Å²) in [5.41, 5.74) is 5.61. The zero-order chi connectivity index (χ0) is 14.7. The van der Waals surface area contributed by atoms with Crippen LogP contribution >= 0.6 is 11.8 Å². The van der Waals surface area contributed by atoms with Crippen molar-refractivity contribution in [2.45, 2.75) is 24.9 Å². The van der Waals surface area contributed by atoms with Gasteiger partial charge in [-0.05, 0) is 13.0 Å². The molecule has 2 unspecified atom stereocenters. The second-order valence-electron chi connectivity index (χ2n) is 4.37. The van der Waals surface area contributed by atoms with E-state index < -0.39 is 17.3 Å². The fraction of sp³-hybridized carbons (Fsp3) is 0.417. The number of anilines is 1. The van der Waals surface area contributed by atoms with E-state index in [2.05, 4.69) is 10.6 Å². The highest BCUT2D eigenvalue weighted by Gasteiger charge is 2.32. The number of thioether (sulfide) groups is 1. The molecule has 108 valence electrons. The number of carbonyl (C=O) groups is 2. The van der Waals surface area contributed by atoms with Crippen molar-refractivity contribution < 1.29 is 9.59 Å². The molecule has 1 aromatic rings. The van der Waals surface area contributed by atoms with Crippen LogP contribution in [0.1, 0.15) is 6.92 Å². The fourth-order valence-electron chi connectivity index (χ4n) is 1.87. The monoisotopic (exact) mass is 296 g/mol. The lowest BCUT2D eigenvalue weighted by atomic mass is 10.3. The molecule has 0 saturated carbocycles. The molecule has 20 heavy (non-hydrogen) atoms. The maximum Gasteiger partial charge on any atom is 0.250 e. The van der Waals surface area contributed by atoms with Crippen molar-refractivity contribution in [2.24, 2.45) is 5.73 Å². The molecule has 0 spiro atoms. The Balaban J connectivity index is 2.02. The van der Waals surface area contributed by atoms with Gasteiger partial charge in [-0.1, -0.05) is 0 Å². The number of hydrogen-bond donors (Lipinski definition) is 3. The zero-order valence-electron chi connectivity index (χ0n) is 11.0. The van der Waals surface area contributed by atoms with E-state index in [0.717, 1.165) is 0 Å². The lowest BCUT2D eigenvalue weighted by Crippen LogP contribution is -2.44. The van der Waals surface area contributed by atoms with E-state index in [9.17, 15) is 14.4 Å². The van der Waals surface area contributed by atoms with Crippen molar-refractivity contribution in [3.63, 3.8) is 0 Å². The van der Waals surface area contributed by atoms with Crippen LogP contribution in [0.5, 0.6) is 0 Å². The highest BCUT2D eigenvalue weighted by molar-refractivity contribution is 8.00. The van der Waals surface area contributed by atoms with Crippen LogP contribution in [0.15, 0.2) is 23.1 Å². The normalized spacial score (nSPS) is 21.6. The lowest BCUT2D eigenvalue weighted by molar-refractivity contribution is -0.119. The Hall–Kier alpha value is -1.80. The Kier molecular flexibility index (Phi) is 4.46. The number of amides is 2. The first-order chi connectivity index (χ1) is 9.51. The van der Waals surface area contributed by atoms with E-state index in [1.54, 1.807) is 12.3 Å². The summed E-state index contributed by atoms with van der Waals surface area (Å²) >= 11 is 1.31. The summed E-state index contributed by atoms with van der Waals surface area (Å²) in [5.74, 6) is -0.250. The minimum absolute atomic E-state index is 0.117. The first kappa shape index (κ1) is 14.6. The Labute approximate surface area is 119 Å². The van der Waals surface area contributed by atoms with Gasteiger partial charge in [0.05, 0.1) is 11.7 Å². The summed E-state index contributed by atoms with van der Waals surface area (Å²) in [6.45, 7) is 2.38. The van der Waals surface area contributed by atoms with E-state index in [-0.39, 0.29) is 11.5 Å². The topological polar surface area (TPSA) is 106 Å². The van der Waals surface area contributed by atoms with Gasteiger partial charge in [-0.15, -0.1) is 11.8 Å². The van der Waals surface area contributed by atoms with Crippen molar-refractivity contribution in [1.29, 1.82) is 0 Å². The van der Waals surface area contributed by atoms with Gasteiger partial charge in [-0.2, -0.15) is 0 Å². The average molecular weight is 296 g/mol. The summed E-state index contributed by atoms with van der Waals surface area (Å²) in [4.78, 5) is 34.5. The minimum atomic E-state index is -0.532. The molecular formula is C12H16N4O3S. The summed E-state index contributed by atoms with van der Waals surface area (Å²) in [6, 6.07) is 2.49. The Morgan fingerprint density at radius 2 is 2.30 bits per heavy atom. The molecule has 1 saturated heterocycles. The van der Waals surface area contributed by atoms with E-state index in [1.807, 2.05) is 6.92 Å². The summed E-state index contributed by atoms with van der Waals surface area (Å²) in [7, 11) is 0. The fourth-order valence-corrected chi connectivity index (χ4v) is 2.93. The number of aryl methyl sites for hydroxylation is 1. The van der Waals surface area contributed by atoms with Crippen LogP contribution in [0.4, 0.5) is 5.69 Å². The average Bonchev–Trinajstić information content (AvgIpc) is 2.91. The summed E-state index contributed by atoms with van der Waals surface area (Å²) in [6.07, 6.45) is 1.59. The third-order valence-corrected chi connectivity index (χ3v) is 4.18. The van der Waals surface area contributed by atoms with Crippen LogP contribution in [-0.4, -0.2) is 33.6 Å². The third kappa shape index (κ3) is 3.20. The van der Waals surface area contributed by atoms with Crippen molar-refractivity contribution in [3.8, 4) is 0 Å². The standard InChI is InChI=1S/C12H16N4O3S/c1-2-16-5-7(3-4-9(16)17)14-11(19)8-6-20-12(15-8)10(13)18/h3-5,8,12,15H,2,6H2,1H3,(H2,13,18)(H,14,19). The number of nitrogens with two attached hydrogens (primary N) is 1. The Morgan fingerprint density at radius 1 is 1.55 bits per heavy atom. The lowest BCUT2D eigenvalue weighted by Gasteiger charge is -2.12. The summed E-state index contributed by atoms with van der Waals surface area (Å²) in [5, 5.41) is 5.04. The molecule has 1 fully saturated rings. The van der Waals surface area contributed by atoms with Crippen LogP contribution in [0.25, 0.3) is 0 Å². The van der Waals surface area contributed by atoms with Gasteiger partial charge < -0.3 is 15.6 Å². The predicted molar refractivity (Wildman–Crippen MR) is 77.4 cm³/mol. The molecular weight excluding hydrogens is 280 g/mol. The van der Waals surface area contributed by atoms with Gasteiger partial charge in [0.15, 0.2) is 0 Å². The predicted octanol–water partition coefficient (Wildman–Crippen LogP) is -0.677. The molecule has 2 heterocycles. The van der Waals surface area contributed by atoms with E-state index in [4.69, 9.17) is 5.73 Å². The largest absolute Gasteiger partial charge is 0.368 e. The second-order valence-corrected chi connectivity index (χ2v) is 5.50. The number of rotatable bonds is 4. The number of pyridine rings is 1. The maximum atomic E-state index is 12.0. The van der Waals surface area contributed by atoms with Gasteiger partial charge >= 0.3 is 0 Å². The smallest absolute Gasteiger partial charge is 0.250 e. The van der Waals surface area contributed by atoms with Crippen molar-refractivity contribution in [2.75, 3.05) is 11.1 Å². The van der Waals surface area contributed by atoms with Crippen molar-refractivity contribution in [1.82, 2.24) is 9.88 Å². The quantitative estimate of drug-likeness (QED) is 0.683. The highest BCUT2D eigenvalue weighted by Crippen LogP contribution is 2.19. The molecule has 0 aromatic carbocycles. The van der Waals surface area contributed by atoms with Crippen LogP contribution in [0.3, 0.4) is 0 Å². The summed E-state index contributed by atoms with van der Waals surface area (Å²) < 4.78 is 1.50. The number of aromatic nitrogens is 1. The molecule has 4 N–H and O–H groups in total. The van der Waals surface area contributed by atoms with Gasteiger partial charge in [-0.25, -0.2) is 0 Å². The van der Waals surface area contributed by atoms with Crippen molar-refractivity contribution in [3.05, 3.63) is 28.7 Å². The second kappa shape index (κ2) is 6.10. The van der Waals surface area contributed by atoms with Crippen LogP contribution in [0.2, 0.25) is 0 Å². The highest BCUT2D eigenvalue weighted by atomic mass is 32.2. The number of carbonyl (C=O) groups excluding carboxylic acids is 2. The van der Waals surface area contributed by atoms with Crippen LogP contribution in [0, 0.1) is 0 Å². The third-order valence-electron chi connectivity index (χ3n) is 2.95. The molecule has 1 aliphatic rings. The van der Waals surface area contributed by atoms with E-state index in [0.29, 0.717) is 18.0 Å². The van der Waals surface area contributed by atoms with E-state index >= 15 is 0 Å². The van der Waals surface area contributed by atoms with Gasteiger partial charge in [-0.3, -0.25) is 19.7 Å². The van der Waals surface area contributed by atoms with Gasteiger partial charge in [0.1, 0.15) is 5.37 Å². The molecule has 8 heteroatoms. The molecule has 0 bridgehead atoms. The molecule has 2 atom stereocenters. The Morgan fingerprint density at radius 3 is 2.90 bits per heavy atom. The maximum absolute atomic E-state index is 12.0. The van der Waals surface area contributed by atoms with Crippen molar-refractivity contribution >= 4 is 29.3 Å². The number of nitrogens with zero attached hydrogens (tertiary/aromatic N) is 1. The molecule has 0 aliphatic carbocycles. The van der Waals surface area contributed by atoms with Crippen LogP contribution in [-0.2, 0) is 16.1 Å². The van der Waals surface area contributed by atoms with E-state index in [1.165, 1.54) is 22.4 Å². The van der Waals surface area contributed by atoms with Crippen LogP contribution < -0.4 is 21.9 Å². The number of hydrogen-bond acceptors (Lipinski definition) is 5. The van der Waals surface area contributed by atoms with Gasteiger partial charge in [0.2, 0.25) is 11.8 Å². The Bertz CT molecular complexity index is 586. The number of primary amides is 1. The van der Waals surface area contributed by atoms with Gasteiger partial charge in [0.25, 0.3) is 5.56 Å². The number of nitrogens with one attached hydrogen (secondary N) is 2. The van der Waals surface area contributed by atoms with Gasteiger partial charge in [0, 0.05) is 24.6 Å². The SMILES string of the molecule is CCn1cc(NC(=O)C2CSC(C(N)=O)N2)ccc1=O. The molecule has 2 rings (SSSR count). The molecule has 2 amide bonds. The zero-order valence-corrected chi connectivity index (χ0v) is 11.8. The minimum Gasteiger partial charge on any atom is -0.368 e. The molecule has 1 aliphatic heterocycles.